The number of aryl methyl sites for hydroxylation is 2. The van der Waals surface area contributed by atoms with Crippen molar-refractivity contribution in [2.24, 2.45) is 0 Å². The molecule has 134 valence electrons. The summed E-state index contributed by atoms with van der Waals surface area (Å²) in [6.45, 7) is 12.3. The molecule has 2 aromatic rings. The second kappa shape index (κ2) is 7.28. The molecule has 4 rings (SSSR count). The molecule has 2 aliphatic heterocycles. The zero-order chi connectivity index (χ0) is 17.2. The molecule has 3 heterocycles. The van der Waals surface area contributed by atoms with Crippen molar-refractivity contribution in [1.82, 2.24) is 24.9 Å². The van der Waals surface area contributed by atoms with Crippen molar-refractivity contribution >= 4 is 0 Å². The van der Waals surface area contributed by atoms with Gasteiger partial charge in [0, 0.05) is 51.0 Å². The molecule has 2 saturated heterocycles. The van der Waals surface area contributed by atoms with Crippen LogP contribution in [-0.4, -0.2) is 64.9 Å². The first-order valence-corrected chi connectivity index (χ1v) is 9.49. The van der Waals surface area contributed by atoms with Gasteiger partial charge >= 0.3 is 0 Å². The second-order valence-corrected chi connectivity index (χ2v) is 7.47. The first-order valence-electron chi connectivity index (χ1n) is 9.49. The molecule has 1 unspecified atom stereocenters. The molecule has 1 N–H and O–H groups in total. The Morgan fingerprint density at radius 3 is 2.64 bits per heavy atom. The maximum Gasteiger partial charge on any atom is 0.0651 e. The van der Waals surface area contributed by atoms with E-state index in [-0.39, 0.29) is 0 Å². The van der Waals surface area contributed by atoms with Gasteiger partial charge < -0.3 is 5.32 Å². The molecule has 0 aliphatic carbocycles. The standard InChI is InChI=1S/C20H29N5/c1-16-12-17(2)25(22-16)19-5-3-4-18(13-19)15-23-8-10-24(11-9-23)20-6-7-21-14-20/h3-5,12-13,20-21H,6-11,14-15H2,1-2H3. The summed E-state index contributed by atoms with van der Waals surface area (Å²) in [5, 5.41) is 8.10. The molecule has 25 heavy (non-hydrogen) atoms. The van der Waals surface area contributed by atoms with Crippen LogP contribution in [0.25, 0.3) is 5.69 Å². The van der Waals surface area contributed by atoms with E-state index in [0.717, 1.165) is 18.3 Å². The number of nitrogens with zero attached hydrogens (tertiary/aromatic N) is 4. The maximum absolute atomic E-state index is 4.61. The molecule has 5 nitrogen and oxygen atoms in total. The minimum Gasteiger partial charge on any atom is -0.315 e. The van der Waals surface area contributed by atoms with Gasteiger partial charge in [-0.25, -0.2) is 4.68 Å². The number of benzene rings is 1. The van der Waals surface area contributed by atoms with Gasteiger partial charge in [-0.2, -0.15) is 5.10 Å². The summed E-state index contributed by atoms with van der Waals surface area (Å²) in [4.78, 5) is 5.25. The minimum absolute atomic E-state index is 0.761. The molecule has 2 aliphatic rings. The van der Waals surface area contributed by atoms with Crippen molar-refractivity contribution in [3.8, 4) is 5.69 Å². The van der Waals surface area contributed by atoms with Crippen molar-refractivity contribution in [2.75, 3.05) is 39.3 Å². The predicted octanol–water partition coefficient (Wildman–Crippen LogP) is 1.97. The SMILES string of the molecule is Cc1cc(C)n(-c2cccc(CN3CCN(C4CCNC4)CC3)c2)n1. The van der Waals surface area contributed by atoms with E-state index in [1.54, 1.807) is 0 Å². The van der Waals surface area contributed by atoms with E-state index in [0.29, 0.717) is 0 Å². The van der Waals surface area contributed by atoms with Gasteiger partial charge in [-0.1, -0.05) is 12.1 Å². The van der Waals surface area contributed by atoms with E-state index in [2.05, 4.69) is 57.5 Å². The predicted molar refractivity (Wildman–Crippen MR) is 101 cm³/mol. The van der Waals surface area contributed by atoms with Crippen LogP contribution in [0.2, 0.25) is 0 Å². The molecule has 0 amide bonds. The number of piperazine rings is 1. The molecule has 5 heteroatoms. The fraction of sp³-hybridized carbons (Fsp3) is 0.550. The second-order valence-electron chi connectivity index (χ2n) is 7.47. The lowest BCUT2D eigenvalue weighted by Crippen LogP contribution is -2.50. The van der Waals surface area contributed by atoms with Crippen LogP contribution >= 0.6 is 0 Å². The number of hydrogen-bond acceptors (Lipinski definition) is 4. The van der Waals surface area contributed by atoms with Crippen LogP contribution in [0.15, 0.2) is 30.3 Å². The molecular formula is C20H29N5. The zero-order valence-corrected chi connectivity index (χ0v) is 15.4. The summed E-state index contributed by atoms with van der Waals surface area (Å²) < 4.78 is 2.05. The molecule has 1 aromatic carbocycles. The summed E-state index contributed by atoms with van der Waals surface area (Å²) in [6.07, 6.45) is 1.31. The van der Waals surface area contributed by atoms with Crippen molar-refractivity contribution in [1.29, 1.82) is 0 Å². The third-order valence-corrected chi connectivity index (χ3v) is 5.53. The summed E-state index contributed by atoms with van der Waals surface area (Å²) in [5.74, 6) is 0. The Hall–Kier alpha value is -1.69. The summed E-state index contributed by atoms with van der Waals surface area (Å²) in [6, 6.07) is 11.7. The summed E-state index contributed by atoms with van der Waals surface area (Å²) >= 11 is 0. The van der Waals surface area contributed by atoms with Crippen molar-refractivity contribution in [3.63, 3.8) is 0 Å². The number of hydrogen-bond donors (Lipinski definition) is 1. The van der Waals surface area contributed by atoms with Crippen LogP contribution in [0, 0.1) is 13.8 Å². The van der Waals surface area contributed by atoms with Gasteiger partial charge in [0.15, 0.2) is 0 Å². The van der Waals surface area contributed by atoms with Crippen LogP contribution in [0.4, 0.5) is 0 Å². The van der Waals surface area contributed by atoms with Gasteiger partial charge in [0.2, 0.25) is 0 Å². The van der Waals surface area contributed by atoms with Crippen molar-refractivity contribution < 1.29 is 0 Å². The van der Waals surface area contributed by atoms with E-state index in [1.165, 1.54) is 62.6 Å². The monoisotopic (exact) mass is 339 g/mol. The molecule has 0 bridgehead atoms. The highest BCUT2D eigenvalue weighted by Crippen LogP contribution is 2.17. The molecular weight excluding hydrogens is 310 g/mol. The fourth-order valence-corrected chi connectivity index (χ4v) is 4.17. The van der Waals surface area contributed by atoms with E-state index in [9.17, 15) is 0 Å². The molecule has 0 radical (unpaired) electrons. The van der Waals surface area contributed by atoms with Crippen LogP contribution in [0.3, 0.4) is 0 Å². The van der Waals surface area contributed by atoms with Crippen LogP contribution in [0.5, 0.6) is 0 Å². The smallest absolute Gasteiger partial charge is 0.0651 e. The average Bonchev–Trinajstić information content (AvgIpc) is 3.25. The quantitative estimate of drug-likeness (QED) is 0.924. The molecule has 2 fully saturated rings. The van der Waals surface area contributed by atoms with Crippen LogP contribution in [-0.2, 0) is 6.54 Å². The lowest BCUT2D eigenvalue weighted by Gasteiger charge is -2.37. The lowest BCUT2D eigenvalue weighted by molar-refractivity contribution is 0.0981. The van der Waals surface area contributed by atoms with E-state index in [1.807, 2.05) is 11.6 Å². The Bertz CT molecular complexity index is 709. The van der Waals surface area contributed by atoms with Crippen LogP contribution < -0.4 is 5.32 Å². The highest BCUT2D eigenvalue weighted by molar-refractivity contribution is 5.37. The largest absolute Gasteiger partial charge is 0.315 e. The number of nitrogens with one attached hydrogen (secondary N) is 1. The minimum atomic E-state index is 0.761. The molecule has 0 saturated carbocycles. The van der Waals surface area contributed by atoms with Crippen molar-refractivity contribution in [3.05, 3.63) is 47.3 Å². The van der Waals surface area contributed by atoms with E-state index >= 15 is 0 Å². The summed E-state index contributed by atoms with van der Waals surface area (Å²) in [7, 11) is 0. The summed E-state index contributed by atoms with van der Waals surface area (Å²) in [5.41, 5.74) is 4.80. The van der Waals surface area contributed by atoms with E-state index < -0.39 is 0 Å². The Morgan fingerprint density at radius 1 is 1.12 bits per heavy atom. The highest BCUT2D eigenvalue weighted by Gasteiger charge is 2.25. The number of aromatic nitrogens is 2. The van der Waals surface area contributed by atoms with Gasteiger partial charge in [-0.15, -0.1) is 0 Å². The average molecular weight is 339 g/mol. The van der Waals surface area contributed by atoms with Crippen LogP contribution in [0.1, 0.15) is 23.4 Å². The van der Waals surface area contributed by atoms with Gasteiger partial charge in [0.05, 0.1) is 11.4 Å². The van der Waals surface area contributed by atoms with Gasteiger partial charge in [-0.05, 0) is 50.6 Å². The lowest BCUT2D eigenvalue weighted by atomic mass is 10.1. The first kappa shape index (κ1) is 16.8. The molecule has 1 atom stereocenters. The topological polar surface area (TPSA) is 36.3 Å². The van der Waals surface area contributed by atoms with Gasteiger partial charge in [0.25, 0.3) is 0 Å². The Labute approximate surface area is 150 Å². The molecule has 1 aromatic heterocycles. The third kappa shape index (κ3) is 3.78. The first-order chi connectivity index (χ1) is 12.2. The number of rotatable bonds is 4. The Kier molecular flexibility index (Phi) is 4.88. The zero-order valence-electron chi connectivity index (χ0n) is 15.4. The van der Waals surface area contributed by atoms with Gasteiger partial charge in [0.1, 0.15) is 0 Å². The van der Waals surface area contributed by atoms with E-state index in [4.69, 9.17) is 0 Å². The maximum atomic E-state index is 4.61. The Balaban J connectivity index is 1.38. The molecule has 0 spiro atoms. The highest BCUT2D eigenvalue weighted by atomic mass is 15.3. The van der Waals surface area contributed by atoms with Crippen molar-refractivity contribution in [2.45, 2.75) is 32.9 Å². The van der Waals surface area contributed by atoms with Gasteiger partial charge in [-0.3, -0.25) is 9.80 Å². The normalized spacial score (nSPS) is 22.6. The third-order valence-electron chi connectivity index (χ3n) is 5.53. The Morgan fingerprint density at radius 2 is 1.96 bits per heavy atom. The fourth-order valence-electron chi connectivity index (χ4n) is 4.17.